The Morgan fingerprint density at radius 1 is 1.22 bits per heavy atom. The Kier molecular flexibility index (Phi) is 4.01. The van der Waals surface area contributed by atoms with Gasteiger partial charge in [0.25, 0.3) is 0 Å². The molecule has 1 aromatic carbocycles. The quantitative estimate of drug-likeness (QED) is 0.944. The van der Waals surface area contributed by atoms with E-state index in [1.807, 2.05) is 0 Å². The van der Waals surface area contributed by atoms with Gasteiger partial charge in [-0.2, -0.15) is 0 Å². The topological polar surface area (TPSA) is 46.2 Å². The Bertz CT molecular complexity index is 637. The molecule has 2 aromatic rings. The average molecular weight is 306 g/mol. The van der Waals surface area contributed by atoms with Crippen LogP contribution in [-0.4, -0.2) is 8.42 Å². The number of hydrogen-bond donors (Lipinski definition) is 1. The first-order valence-electron chi connectivity index (χ1n) is 4.96. The van der Waals surface area contributed by atoms with Gasteiger partial charge < -0.3 is 0 Å². The zero-order valence-corrected chi connectivity index (χ0v) is 11.4. The van der Waals surface area contributed by atoms with Crippen LogP contribution in [0.4, 0.5) is 4.39 Å². The van der Waals surface area contributed by atoms with Crippen LogP contribution in [0.3, 0.4) is 0 Å². The molecule has 7 heteroatoms. The van der Waals surface area contributed by atoms with Crippen molar-refractivity contribution in [1.29, 1.82) is 0 Å². The van der Waals surface area contributed by atoms with E-state index in [9.17, 15) is 12.8 Å². The minimum absolute atomic E-state index is 0.0246. The van der Waals surface area contributed by atoms with Crippen molar-refractivity contribution in [3.63, 3.8) is 0 Å². The van der Waals surface area contributed by atoms with E-state index in [1.54, 1.807) is 11.4 Å². The summed E-state index contributed by atoms with van der Waals surface area (Å²) in [6, 6.07) is 6.34. The molecule has 0 fully saturated rings. The number of rotatable bonds is 4. The maximum absolute atomic E-state index is 12.7. The highest BCUT2D eigenvalue weighted by Gasteiger charge is 2.14. The number of hydrogen-bond acceptors (Lipinski definition) is 3. The van der Waals surface area contributed by atoms with Crippen molar-refractivity contribution in [2.45, 2.75) is 11.4 Å². The second kappa shape index (κ2) is 5.36. The average Bonchev–Trinajstić information content (AvgIpc) is 2.73. The summed E-state index contributed by atoms with van der Waals surface area (Å²) in [5.74, 6) is -0.477. The molecule has 0 aliphatic carbocycles. The van der Waals surface area contributed by atoms with Crippen LogP contribution in [0.15, 0.2) is 40.6 Å². The van der Waals surface area contributed by atoms with E-state index >= 15 is 0 Å². The van der Waals surface area contributed by atoms with Gasteiger partial charge in [0.2, 0.25) is 10.0 Å². The van der Waals surface area contributed by atoms with Gasteiger partial charge in [-0.05, 0) is 35.7 Å². The van der Waals surface area contributed by atoms with Crippen LogP contribution >= 0.6 is 22.9 Å². The molecule has 2 rings (SSSR count). The fourth-order valence-corrected chi connectivity index (χ4v) is 3.44. The molecular formula is C11H9ClFNO2S2. The third-order valence-corrected chi connectivity index (χ3v) is 5.04. The SMILES string of the molecule is O=S(=O)(NCc1sccc1Cl)c1ccc(F)cc1. The van der Waals surface area contributed by atoms with E-state index in [0.29, 0.717) is 5.02 Å². The van der Waals surface area contributed by atoms with E-state index in [0.717, 1.165) is 17.0 Å². The molecule has 0 saturated carbocycles. The lowest BCUT2D eigenvalue weighted by Gasteiger charge is -2.05. The first-order valence-corrected chi connectivity index (χ1v) is 7.70. The van der Waals surface area contributed by atoms with Crippen molar-refractivity contribution >= 4 is 33.0 Å². The number of benzene rings is 1. The summed E-state index contributed by atoms with van der Waals surface area (Å²) in [6.45, 7) is 0.121. The molecule has 0 amide bonds. The minimum Gasteiger partial charge on any atom is -0.207 e. The Labute approximate surface area is 113 Å². The summed E-state index contributed by atoms with van der Waals surface area (Å²) in [7, 11) is -3.64. The van der Waals surface area contributed by atoms with E-state index in [2.05, 4.69) is 4.72 Å². The first kappa shape index (κ1) is 13.5. The number of nitrogens with one attached hydrogen (secondary N) is 1. The second-order valence-electron chi connectivity index (χ2n) is 3.47. The normalized spacial score (nSPS) is 11.7. The molecule has 0 radical (unpaired) electrons. The summed E-state index contributed by atoms with van der Waals surface area (Å²) in [6.07, 6.45) is 0. The highest BCUT2D eigenvalue weighted by Crippen LogP contribution is 2.22. The van der Waals surface area contributed by atoms with Gasteiger partial charge in [0.05, 0.1) is 9.92 Å². The second-order valence-corrected chi connectivity index (χ2v) is 6.65. The summed E-state index contributed by atoms with van der Waals surface area (Å²) < 4.78 is 38.9. The number of halogens is 2. The van der Waals surface area contributed by atoms with Crippen LogP contribution in [0, 0.1) is 5.82 Å². The van der Waals surface area contributed by atoms with Gasteiger partial charge in [0.1, 0.15) is 5.82 Å². The van der Waals surface area contributed by atoms with E-state index in [-0.39, 0.29) is 11.4 Å². The summed E-state index contributed by atoms with van der Waals surface area (Å²) >= 11 is 7.23. The third kappa shape index (κ3) is 3.08. The van der Waals surface area contributed by atoms with Crippen LogP contribution in [0.5, 0.6) is 0 Å². The van der Waals surface area contributed by atoms with Crippen LogP contribution in [0.1, 0.15) is 4.88 Å². The van der Waals surface area contributed by atoms with Gasteiger partial charge in [-0.15, -0.1) is 11.3 Å². The Morgan fingerprint density at radius 2 is 1.89 bits per heavy atom. The Hall–Kier alpha value is -0.950. The standard InChI is InChI=1S/C11H9ClFNO2S2/c12-10-5-6-17-11(10)7-14-18(15,16)9-3-1-8(13)2-4-9/h1-6,14H,7H2. The monoisotopic (exact) mass is 305 g/mol. The highest BCUT2D eigenvalue weighted by molar-refractivity contribution is 7.89. The molecule has 0 aliphatic rings. The summed E-state index contributed by atoms with van der Waals surface area (Å²) in [4.78, 5) is 0.763. The van der Waals surface area contributed by atoms with Crippen LogP contribution < -0.4 is 4.72 Å². The lowest BCUT2D eigenvalue weighted by atomic mass is 10.4. The third-order valence-electron chi connectivity index (χ3n) is 2.24. The van der Waals surface area contributed by atoms with Gasteiger partial charge in [-0.1, -0.05) is 11.6 Å². The van der Waals surface area contributed by atoms with Gasteiger partial charge in [-0.3, -0.25) is 0 Å². The van der Waals surface area contributed by atoms with Gasteiger partial charge in [-0.25, -0.2) is 17.5 Å². The van der Waals surface area contributed by atoms with Crippen molar-refractivity contribution in [3.8, 4) is 0 Å². The number of thiophene rings is 1. The molecule has 0 atom stereocenters. The van der Waals surface area contributed by atoms with Crippen LogP contribution in [-0.2, 0) is 16.6 Å². The summed E-state index contributed by atoms with van der Waals surface area (Å²) in [5, 5.41) is 2.31. The zero-order chi connectivity index (χ0) is 13.2. The molecule has 18 heavy (non-hydrogen) atoms. The molecule has 1 N–H and O–H groups in total. The van der Waals surface area contributed by atoms with Crippen molar-refractivity contribution < 1.29 is 12.8 Å². The van der Waals surface area contributed by atoms with Crippen molar-refractivity contribution in [2.75, 3.05) is 0 Å². The van der Waals surface area contributed by atoms with Crippen LogP contribution in [0.25, 0.3) is 0 Å². The molecule has 3 nitrogen and oxygen atoms in total. The van der Waals surface area contributed by atoms with E-state index in [4.69, 9.17) is 11.6 Å². The Balaban J connectivity index is 2.13. The van der Waals surface area contributed by atoms with Crippen molar-refractivity contribution in [3.05, 3.63) is 51.4 Å². The maximum atomic E-state index is 12.7. The molecule has 0 bridgehead atoms. The molecule has 0 saturated heterocycles. The summed E-state index contributed by atoms with van der Waals surface area (Å²) in [5.41, 5.74) is 0. The fourth-order valence-electron chi connectivity index (χ4n) is 1.31. The largest absolute Gasteiger partial charge is 0.240 e. The minimum atomic E-state index is -3.64. The van der Waals surface area contributed by atoms with Crippen molar-refractivity contribution in [1.82, 2.24) is 4.72 Å². The smallest absolute Gasteiger partial charge is 0.207 e. The zero-order valence-electron chi connectivity index (χ0n) is 9.06. The van der Waals surface area contributed by atoms with E-state index < -0.39 is 15.8 Å². The van der Waals surface area contributed by atoms with E-state index in [1.165, 1.54) is 23.5 Å². The molecule has 96 valence electrons. The molecule has 0 spiro atoms. The molecule has 1 heterocycles. The predicted molar refractivity (Wildman–Crippen MR) is 69.8 cm³/mol. The van der Waals surface area contributed by atoms with Gasteiger partial charge >= 0.3 is 0 Å². The molecular weight excluding hydrogens is 297 g/mol. The number of sulfonamides is 1. The highest BCUT2D eigenvalue weighted by atomic mass is 35.5. The van der Waals surface area contributed by atoms with Gasteiger partial charge in [0, 0.05) is 11.4 Å². The van der Waals surface area contributed by atoms with Crippen molar-refractivity contribution in [2.24, 2.45) is 0 Å². The van der Waals surface area contributed by atoms with Gasteiger partial charge in [0.15, 0.2) is 0 Å². The Morgan fingerprint density at radius 3 is 2.44 bits per heavy atom. The fraction of sp³-hybridized carbons (Fsp3) is 0.0909. The maximum Gasteiger partial charge on any atom is 0.240 e. The lowest BCUT2D eigenvalue weighted by Crippen LogP contribution is -2.22. The lowest BCUT2D eigenvalue weighted by molar-refractivity contribution is 0.581. The first-order chi connectivity index (χ1) is 8.49. The molecule has 0 aliphatic heterocycles. The predicted octanol–water partition coefficient (Wildman–Crippen LogP) is 3.02. The van der Waals surface area contributed by atoms with Crippen LogP contribution in [0.2, 0.25) is 5.02 Å². The molecule has 1 aromatic heterocycles. The molecule has 0 unspecified atom stereocenters.